The van der Waals surface area contributed by atoms with E-state index in [4.69, 9.17) is 0 Å². The molecule has 134 valence electrons. The molecule has 2 N–H and O–H groups in total. The Kier molecular flexibility index (Phi) is 5.79. The van der Waals surface area contributed by atoms with Crippen molar-refractivity contribution in [1.82, 2.24) is 10.2 Å². The SMILES string of the molecule is Cc1ccccc1Nc1nnc(SCC(=O)Nc2cc(F)ccc2F)s1. The van der Waals surface area contributed by atoms with Gasteiger partial charge in [-0.1, -0.05) is 41.3 Å². The maximum atomic E-state index is 13.5. The van der Waals surface area contributed by atoms with E-state index in [2.05, 4.69) is 20.8 Å². The van der Waals surface area contributed by atoms with Crippen LogP contribution in [0.15, 0.2) is 46.8 Å². The van der Waals surface area contributed by atoms with Crippen molar-refractivity contribution in [3.05, 3.63) is 59.7 Å². The van der Waals surface area contributed by atoms with Crippen LogP contribution in [-0.2, 0) is 4.79 Å². The maximum Gasteiger partial charge on any atom is 0.234 e. The van der Waals surface area contributed by atoms with Crippen molar-refractivity contribution in [2.75, 3.05) is 16.4 Å². The number of amides is 1. The van der Waals surface area contributed by atoms with Gasteiger partial charge in [0.1, 0.15) is 11.6 Å². The summed E-state index contributed by atoms with van der Waals surface area (Å²) < 4.78 is 27.2. The number of aryl methyl sites for hydroxylation is 1. The molecule has 1 heterocycles. The molecule has 0 aliphatic heterocycles. The molecule has 3 rings (SSSR count). The van der Waals surface area contributed by atoms with Gasteiger partial charge in [-0.05, 0) is 30.7 Å². The summed E-state index contributed by atoms with van der Waals surface area (Å²) in [6, 6.07) is 10.7. The first-order valence-electron chi connectivity index (χ1n) is 7.55. The number of aromatic nitrogens is 2. The molecule has 0 aliphatic carbocycles. The molecule has 1 amide bonds. The predicted molar refractivity (Wildman–Crippen MR) is 100 cm³/mol. The van der Waals surface area contributed by atoms with E-state index < -0.39 is 17.5 Å². The van der Waals surface area contributed by atoms with Crippen molar-refractivity contribution in [3.8, 4) is 0 Å². The lowest BCUT2D eigenvalue weighted by molar-refractivity contribution is -0.113. The molecule has 0 unspecified atom stereocenters. The largest absolute Gasteiger partial charge is 0.330 e. The number of nitrogens with one attached hydrogen (secondary N) is 2. The van der Waals surface area contributed by atoms with E-state index in [0.29, 0.717) is 9.47 Å². The van der Waals surface area contributed by atoms with Crippen LogP contribution in [0.5, 0.6) is 0 Å². The van der Waals surface area contributed by atoms with Crippen LogP contribution in [0, 0.1) is 18.6 Å². The predicted octanol–water partition coefficient (Wildman–Crippen LogP) is 4.60. The lowest BCUT2D eigenvalue weighted by Gasteiger charge is -2.05. The average Bonchev–Trinajstić information content (AvgIpc) is 3.06. The molecule has 0 fully saturated rings. The third-order valence-electron chi connectivity index (χ3n) is 3.32. The van der Waals surface area contributed by atoms with Gasteiger partial charge in [-0.3, -0.25) is 4.79 Å². The normalized spacial score (nSPS) is 10.6. The van der Waals surface area contributed by atoms with E-state index in [1.165, 1.54) is 23.1 Å². The zero-order chi connectivity index (χ0) is 18.5. The van der Waals surface area contributed by atoms with Crippen LogP contribution in [0.25, 0.3) is 0 Å². The van der Waals surface area contributed by atoms with Gasteiger partial charge in [0.25, 0.3) is 0 Å². The molecule has 5 nitrogen and oxygen atoms in total. The molecule has 0 aliphatic rings. The molecule has 26 heavy (non-hydrogen) atoms. The van der Waals surface area contributed by atoms with Crippen molar-refractivity contribution < 1.29 is 13.6 Å². The Morgan fingerprint density at radius 3 is 2.77 bits per heavy atom. The van der Waals surface area contributed by atoms with Gasteiger partial charge in [-0.25, -0.2) is 8.78 Å². The van der Waals surface area contributed by atoms with Gasteiger partial charge in [0.15, 0.2) is 4.34 Å². The number of carbonyl (C=O) groups excluding carboxylic acids is 1. The summed E-state index contributed by atoms with van der Waals surface area (Å²) in [7, 11) is 0. The maximum absolute atomic E-state index is 13.5. The number of anilines is 3. The molecule has 9 heteroatoms. The van der Waals surface area contributed by atoms with Gasteiger partial charge in [0.05, 0.1) is 11.4 Å². The molecule has 1 aromatic heterocycles. The lowest BCUT2D eigenvalue weighted by atomic mass is 10.2. The van der Waals surface area contributed by atoms with Gasteiger partial charge < -0.3 is 10.6 Å². The van der Waals surface area contributed by atoms with Crippen LogP contribution < -0.4 is 10.6 Å². The van der Waals surface area contributed by atoms with E-state index in [0.717, 1.165) is 29.4 Å². The van der Waals surface area contributed by atoms with Crippen LogP contribution >= 0.6 is 23.1 Å². The summed E-state index contributed by atoms with van der Waals surface area (Å²) >= 11 is 2.48. The molecule has 0 radical (unpaired) electrons. The minimum atomic E-state index is -0.689. The number of para-hydroxylation sites is 1. The third-order valence-corrected chi connectivity index (χ3v) is 5.29. The van der Waals surface area contributed by atoms with Gasteiger partial charge >= 0.3 is 0 Å². The Balaban J connectivity index is 1.55. The van der Waals surface area contributed by atoms with Crippen LogP contribution in [0.4, 0.5) is 25.3 Å². The second-order valence-electron chi connectivity index (χ2n) is 5.27. The quantitative estimate of drug-likeness (QED) is 0.600. The highest BCUT2D eigenvalue weighted by atomic mass is 32.2. The standard InChI is InChI=1S/C17H14F2N4OS2/c1-10-4-2-3-5-13(10)21-16-22-23-17(26-16)25-9-15(24)20-14-8-11(18)6-7-12(14)19/h2-8H,9H2,1H3,(H,20,24)(H,21,22). The van der Waals surface area contributed by atoms with Crippen LogP contribution in [0.2, 0.25) is 0 Å². The first kappa shape index (κ1) is 18.3. The summed E-state index contributed by atoms with van der Waals surface area (Å²) in [6.07, 6.45) is 0. The summed E-state index contributed by atoms with van der Waals surface area (Å²) in [6.45, 7) is 1.98. The van der Waals surface area contributed by atoms with Crippen LogP contribution in [0.3, 0.4) is 0 Å². The molecule has 0 bridgehead atoms. The fourth-order valence-corrected chi connectivity index (χ4v) is 3.62. The smallest absolute Gasteiger partial charge is 0.234 e. The van der Waals surface area contributed by atoms with Crippen LogP contribution in [0.1, 0.15) is 5.56 Å². The van der Waals surface area contributed by atoms with E-state index in [-0.39, 0.29) is 11.4 Å². The van der Waals surface area contributed by atoms with Crippen molar-refractivity contribution in [1.29, 1.82) is 0 Å². The van der Waals surface area contributed by atoms with E-state index in [1.54, 1.807) is 0 Å². The summed E-state index contributed by atoms with van der Waals surface area (Å²) in [4.78, 5) is 11.9. The zero-order valence-corrected chi connectivity index (χ0v) is 15.3. The molecule has 0 saturated heterocycles. The Morgan fingerprint density at radius 2 is 1.96 bits per heavy atom. The third kappa shape index (κ3) is 4.77. The zero-order valence-electron chi connectivity index (χ0n) is 13.6. The monoisotopic (exact) mass is 392 g/mol. The summed E-state index contributed by atoms with van der Waals surface area (Å²) in [5.74, 6) is -1.76. The van der Waals surface area contributed by atoms with Crippen molar-refractivity contribution >= 4 is 45.5 Å². The number of hydrogen-bond donors (Lipinski definition) is 2. The molecule has 0 saturated carbocycles. The van der Waals surface area contributed by atoms with Crippen molar-refractivity contribution in [2.24, 2.45) is 0 Å². The molecular weight excluding hydrogens is 378 g/mol. The molecule has 2 aromatic carbocycles. The molecule has 0 spiro atoms. The van der Waals surface area contributed by atoms with Crippen LogP contribution in [-0.4, -0.2) is 21.9 Å². The number of benzene rings is 2. The topological polar surface area (TPSA) is 66.9 Å². The highest BCUT2D eigenvalue weighted by Gasteiger charge is 2.11. The first-order valence-corrected chi connectivity index (χ1v) is 9.35. The second kappa shape index (κ2) is 8.24. The Labute approximate surface area is 156 Å². The lowest BCUT2D eigenvalue weighted by Crippen LogP contribution is -2.15. The first-order chi connectivity index (χ1) is 12.5. The number of hydrogen-bond acceptors (Lipinski definition) is 6. The Hall–Kier alpha value is -2.52. The molecule has 3 aromatic rings. The number of thioether (sulfide) groups is 1. The highest BCUT2D eigenvalue weighted by Crippen LogP contribution is 2.28. The van der Waals surface area contributed by atoms with E-state index >= 15 is 0 Å². The average molecular weight is 392 g/mol. The Bertz CT molecular complexity index is 933. The summed E-state index contributed by atoms with van der Waals surface area (Å²) in [5, 5.41) is 14.2. The number of halogens is 2. The van der Waals surface area contributed by atoms with Gasteiger partial charge in [-0.2, -0.15) is 0 Å². The second-order valence-corrected chi connectivity index (χ2v) is 7.47. The van der Waals surface area contributed by atoms with E-state index in [1.807, 2.05) is 31.2 Å². The summed E-state index contributed by atoms with van der Waals surface area (Å²) in [5.41, 5.74) is 1.82. The van der Waals surface area contributed by atoms with Crippen molar-refractivity contribution in [3.63, 3.8) is 0 Å². The molecule has 0 atom stereocenters. The van der Waals surface area contributed by atoms with Gasteiger partial charge in [0, 0.05) is 11.8 Å². The fourth-order valence-electron chi connectivity index (χ4n) is 2.05. The minimum absolute atomic E-state index is 0.00888. The van der Waals surface area contributed by atoms with Gasteiger partial charge in [-0.15, -0.1) is 10.2 Å². The Morgan fingerprint density at radius 1 is 1.15 bits per heavy atom. The van der Waals surface area contributed by atoms with Crippen molar-refractivity contribution in [2.45, 2.75) is 11.3 Å². The number of nitrogens with zero attached hydrogens (tertiary/aromatic N) is 2. The van der Waals surface area contributed by atoms with E-state index in [9.17, 15) is 13.6 Å². The minimum Gasteiger partial charge on any atom is -0.330 e. The fraction of sp³-hybridized carbons (Fsp3) is 0.118. The highest BCUT2D eigenvalue weighted by molar-refractivity contribution is 8.01. The number of carbonyl (C=O) groups is 1. The van der Waals surface area contributed by atoms with Gasteiger partial charge in [0.2, 0.25) is 11.0 Å². The number of rotatable bonds is 6. The molecular formula is C17H14F2N4OS2.